The van der Waals surface area contributed by atoms with Gasteiger partial charge >= 0.3 is 12.1 Å². The Morgan fingerprint density at radius 2 is 1.75 bits per heavy atom. The number of carboxylic acid groups (broad SMARTS) is 1. The molecule has 0 spiro atoms. The minimum Gasteiger partial charge on any atom is -0.489 e. The van der Waals surface area contributed by atoms with Crippen molar-refractivity contribution in [3.63, 3.8) is 0 Å². The van der Waals surface area contributed by atoms with E-state index in [-0.39, 0.29) is 13.0 Å². The summed E-state index contributed by atoms with van der Waals surface area (Å²) in [6.07, 6.45) is -1.06. The largest absolute Gasteiger partial charge is 0.489 e. The molecule has 0 aliphatic heterocycles. The zero-order valence-electron chi connectivity index (χ0n) is 17.2. The van der Waals surface area contributed by atoms with Crippen molar-refractivity contribution in [1.82, 2.24) is 0 Å². The third-order valence-electron chi connectivity index (χ3n) is 4.54. The van der Waals surface area contributed by atoms with Crippen molar-refractivity contribution in [1.29, 1.82) is 0 Å². The molecular weight excluding hydrogens is 421 g/mol. The van der Waals surface area contributed by atoms with Gasteiger partial charge < -0.3 is 14.6 Å². The number of benzene rings is 3. The first-order chi connectivity index (χ1) is 15.2. The summed E-state index contributed by atoms with van der Waals surface area (Å²) in [5.74, 6) is 0.732. The van der Waals surface area contributed by atoms with Crippen molar-refractivity contribution in [3.8, 4) is 17.2 Å². The number of carboxylic acids is 1. The van der Waals surface area contributed by atoms with Crippen LogP contribution in [0.3, 0.4) is 0 Å². The lowest BCUT2D eigenvalue weighted by Gasteiger charge is -2.12. The third-order valence-corrected chi connectivity index (χ3v) is 4.54. The molecule has 0 heterocycles. The topological polar surface area (TPSA) is 55.8 Å². The average molecular weight is 442 g/mol. The lowest BCUT2D eigenvalue weighted by molar-refractivity contribution is -0.138. The first kappa shape index (κ1) is 22.9. The number of hydrogen-bond donors (Lipinski definition) is 1. The lowest BCUT2D eigenvalue weighted by Crippen LogP contribution is -2.03. The number of aliphatic carboxylic acids is 1. The fourth-order valence-electron chi connectivity index (χ4n) is 2.91. The highest BCUT2D eigenvalue weighted by molar-refractivity contribution is 5.70. The number of aryl methyl sites for hydroxylation is 1. The minimum absolute atomic E-state index is 0.0927. The first-order valence-corrected chi connectivity index (χ1v) is 9.76. The van der Waals surface area contributed by atoms with Crippen LogP contribution in [-0.2, 0) is 17.4 Å². The highest BCUT2D eigenvalue weighted by Gasteiger charge is 2.29. The molecule has 0 bridgehead atoms. The van der Waals surface area contributed by atoms with Crippen molar-refractivity contribution < 1.29 is 32.5 Å². The Kier molecular flexibility index (Phi) is 7.20. The first-order valence-electron chi connectivity index (χ1n) is 9.76. The SMILES string of the molecule is Cc1ccc(OCC=Cc2ccc(C(F)(F)F)cc2)cc1Oc1cccc(CC(=O)O)c1. The standard InChI is InChI=1S/C25H21F3O4/c1-17-7-12-21(16-23(17)32-22-6-2-4-19(14-22)15-24(29)30)31-13-3-5-18-8-10-20(11-9-18)25(26,27)28/h2-12,14,16H,13,15H2,1H3,(H,29,30). The number of ether oxygens (including phenoxy) is 2. The van der Waals surface area contributed by atoms with Crippen LogP contribution in [0.2, 0.25) is 0 Å². The van der Waals surface area contributed by atoms with Crippen LogP contribution in [0.4, 0.5) is 13.2 Å². The Bertz CT molecular complexity index is 1100. The van der Waals surface area contributed by atoms with E-state index in [4.69, 9.17) is 14.6 Å². The van der Waals surface area contributed by atoms with Gasteiger partial charge in [-0.2, -0.15) is 13.2 Å². The summed E-state index contributed by atoms with van der Waals surface area (Å²) in [5, 5.41) is 8.94. The second-order valence-electron chi connectivity index (χ2n) is 7.08. The van der Waals surface area contributed by atoms with Crippen molar-refractivity contribution in [2.75, 3.05) is 6.61 Å². The van der Waals surface area contributed by atoms with Crippen LogP contribution in [-0.4, -0.2) is 17.7 Å². The van der Waals surface area contributed by atoms with E-state index in [0.717, 1.165) is 17.7 Å². The van der Waals surface area contributed by atoms with Crippen LogP contribution in [0.5, 0.6) is 17.2 Å². The van der Waals surface area contributed by atoms with Crippen LogP contribution < -0.4 is 9.47 Å². The molecule has 3 aromatic carbocycles. The van der Waals surface area contributed by atoms with Crippen LogP contribution in [0.1, 0.15) is 22.3 Å². The van der Waals surface area contributed by atoms with E-state index in [1.807, 2.05) is 13.0 Å². The number of halogens is 3. The van der Waals surface area contributed by atoms with Crippen LogP contribution in [0.25, 0.3) is 6.08 Å². The van der Waals surface area contributed by atoms with Crippen LogP contribution in [0.15, 0.2) is 72.8 Å². The van der Waals surface area contributed by atoms with Crippen molar-refractivity contribution >= 4 is 12.0 Å². The van der Waals surface area contributed by atoms with Crippen molar-refractivity contribution in [2.24, 2.45) is 0 Å². The molecule has 0 unspecified atom stereocenters. The van der Waals surface area contributed by atoms with Gasteiger partial charge in [-0.25, -0.2) is 0 Å². The maximum Gasteiger partial charge on any atom is 0.416 e. The molecule has 3 aromatic rings. The van der Waals surface area contributed by atoms with E-state index >= 15 is 0 Å². The quantitative estimate of drug-likeness (QED) is 0.431. The monoisotopic (exact) mass is 442 g/mol. The normalized spacial score (nSPS) is 11.5. The maximum absolute atomic E-state index is 12.6. The molecule has 0 saturated heterocycles. The highest BCUT2D eigenvalue weighted by atomic mass is 19.4. The van der Waals surface area contributed by atoms with E-state index in [0.29, 0.717) is 28.4 Å². The smallest absolute Gasteiger partial charge is 0.416 e. The molecule has 0 radical (unpaired) electrons. The van der Waals surface area contributed by atoms with Crippen molar-refractivity contribution in [2.45, 2.75) is 19.5 Å². The van der Waals surface area contributed by atoms with Gasteiger partial charge in [0.1, 0.15) is 23.9 Å². The summed E-state index contributed by atoms with van der Waals surface area (Å²) in [5.41, 5.74) is 1.46. The van der Waals surface area contributed by atoms with Gasteiger partial charge in [-0.3, -0.25) is 4.79 Å². The lowest BCUT2D eigenvalue weighted by atomic mass is 10.1. The van der Waals surface area contributed by atoms with Gasteiger partial charge in [-0.15, -0.1) is 0 Å². The summed E-state index contributed by atoms with van der Waals surface area (Å²) in [7, 11) is 0. The van der Waals surface area contributed by atoms with E-state index < -0.39 is 17.7 Å². The number of hydrogen-bond acceptors (Lipinski definition) is 3. The third kappa shape index (κ3) is 6.63. The Morgan fingerprint density at radius 1 is 1.00 bits per heavy atom. The van der Waals surface area contributed by atoms with Gasteiger partial charge in [0.2, 0.25) is 0 Å². The van der Waals surface area contributed by atoms with Gasteiger partial charge in [-0.05, 0) is 60.0 Å². The van der Waals surface area contributed by atoms with Gasteiger partial charge in [0.25, 0.3) is 0 Å². The second-order valence-corrected chi connectivity index (χ2v) is 7.08. The van der Waals surface area contributed by atoms with Gasteiger partial charge in [0.05, 0.1) is 12.0 Å². The fourth-order valence-corrected chi connectivity index (χ4v) is 2.91. The Labute approximate surface area is 183 Å². The Hall–Kier alpha value is -3.74. The predicted octanol–water partition coefficient (Wildman–Crippen LogP) is 6.53. The Balaban J connectivity index is 1.61. The molecule has 0 aromatic heterocycles. The Morgan fingerprint density at radius 3 is 2.44 bits per heavy atom. The summed E-state index contributed by atoms with van der Waals surface area (Å²) in [6, 6.07) is 17.1. The molecule has 0 saturated carbocycles. The zero-order valence-corrected chi connectivity index (χ0v) is 17.2. The number of rotatable bonds is 8. The average Bonchev–Trinajstić information content (AvgIpc) is 2.73. The summed E-state index contributed by atoms with van der Waals surface area (Å²) < 4.78 is 49.4. The van der Waals surface area contributed by atoms with Gasteiger partial charge in [0, 0.05) is 6.07 Å². The van der Waals surface area contributed by atoms with E-state index in [9.17, 15) is 18.0 Å². The maximum atomic E-state index is 12.6. The molecule has 3 rings (SSSR count). The summed E-state index contributed by atoms with van der Waals surface area (Å²) >= 11 is 0. The van der Waals surface area contributed by atoms with Crippen molar-refractivity contribution in [3.05, 3.63) is 95.1 Å². The van der Waals surface area contributed by atoms with Crippen LogP contribution >= 0.6 is 0 Å². The molecule has 0 aliphatic carbocycles. The molecule has 166 valence electrons. The minimum atomic E-state index is -4.35. The van der Waals surface area contributed by atoms with E-state index in [1.54, 1.807) is 48.6 Å². The second kappa shape index (κ2) is 10.0. The molecule has 4 nitrogen and oxygen atoms in total. The molecule has 0 aliphatic rings. The molecule has 1 N–H and O–H groups in total. The number of alkyl halides is 3. The van der Waals surface area contributed by atoms with Gasteiger partial charge in [0.15, 0.2) is 0 Å². The molecule has 0 atom stereocenters. The van der Waals surface area contributed by atoms with Crippen LogP contribution in [0, 0.1) is 6.92 Å². The highest BCUT2D eigenvalue weighted by Crippen LogP contribution is 2.30. The molecule has 0 amide bonds. The molecule has 32 heavy (non-hydrogen) atoms. The molecule has 0 fully saturated rings. The summed E-state index contributed by atoms with van der Waals surface area (Å²) in [4.78, 5) is 10.9. The fraction of sp³-hybridized carbons (Fsp3) is 0.160. The van der Waals surface area contributed by atoms with E-state index in [1.165, 1.54) is 12.1 Å². The van der Waals surface area contributed by atoms with Gasteiger partial charge in [-0.1, -0.05) is 36.4 Å². The predicted molar refractivity (Wildman–Crippen MR) is 115 cm³/mol. The molecule has 7 heteroatoms. The summed E-state index contributed by atoms with van der Waals surface area (Å²) in [6.45, 7) is 2.10. The number of carbonyl (C=O) groups is 1. The molecular formula is C25H21F3O4. The van der Waals surface area contributed by atoms with E-state index in [2.05, 4.69) is 0 Å². The zero-order chi connectivity index (χ0) is 23.1.